The lowest BCUT2D eigenvalue weighted by atomic mass is 9.98. The van der Waals surface area contributed by atoms with Crippen molar-refractivity contribution in [1.29, 1.82) is 0 Å². The molecule has 1 aliphatic rings. The third kappa shape index (κ3) is 2.53. The van der Waals surface area contributed by atoms with Crippen LogP contribution in [0.2, 0.25) is 0 Å². The average Bonchev–Trinajstić information content (AvgIpc) is 2.44. The highest BCUT2D eigenvalue weighted by Gasteiger charge is 2.27. The van der Waals surface area contributed by atoms with Gasteiger partial charge in [0.1, 0.15) is 0 Å². The second-order valence-electron chi connectivity index (χ2n) is 5.13. The zero-order chi connectivity index (χ0) is 15.0. The molecule has 1 atom stereocenters. The summed E-state index contributed by atoms with van der Waals surface area (Å²) < 4.78 is 0. The number of carbonyl (C=O) groups is 1. The normalized spacial score (nSPS) is 17.4. The SMILES string of the molecule is NC1Cc2ccccc2N(C(=O)c2cc(O)[nH]c(=O)c2)C1. The van der Waals surface area contributed by atoms with Crippen molar-refractivity contribution >= 4 is 11.6 Å². The number of fused-ring (bicyclic) bond motifs is 1. The second kappa shape index (κ2) is 5.06. The van der Waals surface area contributed by atoms with Gasteiger partial charge < -0.3 is 15.7 Å². The number of carbonyl (C=O) groups excluding carboxylic acids is 1. The molecule has 3 rings (SSSR count). The van der Waals surface area contributed by atoms with Gasteiger partial charge in [-0.3, -0.25) is 14.6 Å². The van der Waals surface area contributed by atoms with E-state index in [2.05, 4.69) is 4.98 Å². The van der Waals surface area contributed by atoms with Crippen molar-refractivity contribution in [3.05, 3.63) is 57.9 Å². The van der Waals surface area contributed by atoms with E-state index in [9.17, 15) is 14.7 Å². The predicted octanol–water partition coefficient (Wildman–Crippen LogP) is 0.611. The number of anilines is 1. The number of amides is 1. The number of aromatic nitrogens is 1. The van der Waals surface area contributed by atoms with Gasteiger partial charge in [-0.1, -0.05) is 18.2 Å². The van der Waals surface area contributed by atoms with Crippen LogP contribution in [0.4, 0.5) is 5.69 Å². The average molecular weight is 285 g/mol. The number of H-pyrrole nitrogens is 1. The van der Waals surface area contributed by atoms with Crippen molar-refractivity contribution in [1.82, 2.24) is 4.98 Å². The summed E-state index contributed by atoms with van der Waals surface area (Å²) in [5.74, 6) is -0.681. The molecule has 2 heterocycles. The maximum atomic E-state index is 12.6. The number of aromatic amines is 1. The van der Waals surface area contributed by atoms with Crippen LogP contribution in [-0.2, 0) is 6.42 Å². The van der Waals surface area contributed by atoms with Crippen molar-refractivity contribution in [2.75, 3.05) is 11.4 Å². The summed E-state index contributed by atoms with van der Waals surface area (Å²) >= 11 is 0. The fraction of sp³-hybridized carbons (Fsp3) is 0.200. The first-order chi connectivity index (χ1) is 10.0. The molecule has 1 unspecified atom stereocenters. The molecule has 0 radical (unpaired) electrons. The van der Waals surface area contributed by atoms with Crippen molar-refractivity contribution in [3.63, 3.8) is 0 Å². The molecule has 0 saturated heterocycles. The molecule has 21 heavy (non-hydrogen) atoms. The number of rotatable bonds is 1. The number of nitrogens with zero attached hydrogens (tertiary/aromatic N) is 1. The maximum absolute atomic E-state index is 12.6. The Balaban J connectivity index is 2.04. The quantitative estimate of drug-likeness (QED) is 0.714. The van der Waals surface area contributed by atoms with E-state index in [1.54, 1.807) is 4.90 Å². The molecular formula is C15H15N3O3. The van der Waals surface area contributed by atoms with E-state index < -0.39 is 5.56 Å². The van der Waals surface area contributed by atoms with Crippen LogP contribution in [0.25, 0.3) is 0 Å². The minimum Gasteiger partial charge on any atom is -0.494 e. The number of nitrogens with one attached hydrogen (secondary N) is 1. The van der Waals surface area contributed by atoms with E-state index in [4.69, 9.17) is 5.73 Å². The van der Waals surface area contributed by atoms with Crippen LogP contribution in [0.3, 0.4) is 0 Å². The Morgan fingerprint density at radius 1 is 1.33 bits per heavy atom. The molecule has 1 amide bonds. The fourth-order valence-electron chi connectivity index (χ4n) is 2.63. The summed E-state index contributed by atoms with van der Waals surface area (Å²) in [6.45, 7) is 0.378. The highest BCUT2D eigenvalue weighted by atomic mass is 16.3. The topological polar surface area (TPSA) is 99.4 Å². The highest BCUT2D eigenvalue weighted by Crippen LogP contribution is 2.27. The molecule has 0 fully saturated rings. The molecule has 0 saturated carbocycles. The van der Waals surface area contributed by atoms with E-state index in [0.717, 1.165) is 11.3 Å². The van der Waals surface area contributed by atoms with E-state index in [1.807, 2.05) is 24.3 Å². The number of benzene rings is 1. The lowest BCUT2D eigenvalue weighted by Gasteiger charge is -2.33. The lowest BCUT2D eigenvalue weighted by molar-refractivity contribution is 0.0982. The monoisotopic (exact) mass is 285 g/mol. The van der Waals surface area contributed by atoms with Crippen LogP contribution in [-0.4, -0.2) is 28.6 Å². The third-order valence-electron chi connectivity index (χ3n) is 3.50. The third-order valence-corrected chi connectivity index (χ3v) is 3.50. The first kappa shape index (κ1) is 13.4. The van der Waals surface area contributed by atoms with Crippen molar-refractivity contribution in [2.45, 2.75) is 12.5 Å². The van der Waals surface area contributed by atoms with Crippen molar-refractivity contribution in [3.8, 4) is 5.88 Å². The van der Waals surface area contributed by atoms with Crippen molar-refractivity contribution in [2.24, 2.45) is 5.73 Å². The van der Waals surface area contributed by atoms with Gasteiger partial charge in [0.2, 0.25) is 0 Å². The Morgan fingerprint density at radius 2 is 2.10 bits per heavy atom. The Kier molecular flexibility index (Phi) is 3.23. The van der Waals surface area contributed by atoms with Gasteiger partial charge in [-0.2, -0.15) is 0 Å². The van der Waals surface area contributed by atoms with Gasteiger partial charge in [-0.25, -0.2) is 0 Å². The number of hydrogen-bond donors (Lipinski definition) is 3. The van der Waals surface area contributed by atoms with Gasteiger partial charge in [-0.05, 0) is 18.1 Å². The summed E-state index contributed by atoms with van der Waals surface area (Å²) in [6.07, 6.45) is 0.709. The summed E-state index contributed by atoms with van der Waals surface area (Å²) in [5, 5.41) is 9.44. The van der Waals surface area contributed by atoms with Crippen LogP contribution in [0.15, 0.2) is 41.2 Å². The molecular weight excluding hydrogens is 270 g/mol. The van der Waals surface area contributed by atoms with Gasteiger partial charge >= 0.3 is 0 Å². The maximum Gasteiger partial charge on any atom is 0.258 e. The fourth-order valence-corrected chi connectivity index (χ4v) is 2.63. The molecule has 0 bridgehead atoms. The number of hydrogen-bond acceptors (Lipinski definition) is 4. The molecule has 6 heteroatoms. The van der Waals surface area contributed by atoms with Gasteiger partial charge in [0.25, 0.3) is 11.5 Å². The predicted molar refractivity (Wildman–Crippen MR) is 78.5 cm³/mol. The number of nitrogens with two attached hydrogens (primary N) is 1. The molecule has 1 aromatic carbocycles. The van der Waals surface area contributed by atoms with Gasteiger partial charge in [0.15, 0.2) is 5.88 Å². The van der Waals surface area contributed by atoms with Crippen LogP contribution in [0, 0.1) is 0 Å². The zero-order valence-corrected chi connectivity index (χ0v) is 11.2. The van der Waals surface area contributed by atoms with Gasteiger partial charge in [0, 0.05) is 30.4 Å². The van der Waals surface area contributed by atoms with Gasteiger partial charge in [-0.15, -0.1) is 0 Å². The molecule has 108 valence electrons. The number of pyridine rings is 1. The molecule has 1 aliphatic heterocycles. The second-order valence-corrected chi connectivity index (χ2v) is 5.13. The van der Waals surface area contributed by atoms with E-state index in [1.165, 1.54) is 12.1 Å². The highest BCUT2D eigenvalue weighted by molar-refractivity contribution is 6.07. The van der Waals surface area contributed by atoms with Crippen LogP contribution in [0.1, 0.15) is 15.9 Å². The van der Waals surface area contributed by atoms with Gasteiger partial charge in [0.05, 0.1) is 5.56 Å². The van der Waals surface area contributed by atoms with Crippen molar-refractivity contribution < 1.29 is 9.90 Å². The van der Waals surface area contributed by atoms with Crippen LogP contribution in [0.5, 0.6) is 5.88 Å². The molecule has 2 aromatic rings. The minimum atomic E-state index is -0.520. The standard InChI is InChI=1S/C15H15N3O3/c16-11-5-9-3-1-2-4-12(9)18(8-11)15(21)10-6-13(19)17-14(20)7-10/h1-4,6-7,11H,5,8,16H2,(H2,17,19,20). The smallest absolute Gasteiger partial charge is 0.258 e. The van der Waals surface area contributed by atoms with Crippen LogP contribution >= 0.6 is 0 Å². The van der Waals surface area contributed by atoms with Crippen LogP contribution < -0.4 is 16.2 Å². The van der Waals surface area contributed by atoms with E-state index in [-0.39, 0.29) is 23.4 Å². The summed E-state index contributed by atoms with van der Waals surface area (Å²) in [7, 11) is 0. The van der Waals surface area contributed by atoms with E-state index in [0.29, 0.717) is 13.0 Å². The summed E-state index contributed by atoms with van der Waals surface area (Å²) in [5.41, 5.74) is 7.42. The summed E-state index contributed by atoms with van der Waals surface area (Å²) in [4.78, 5) is 27.8. The Hall–Kier alpha value is -2.60. The zero-order valence-electron chi connectivity index (χ0n) is 11.2. The summed E-state index contributed by atoms with van der Waals surface area (Å²) in [6, 6.07) is 9.80. The first-order valence-electron chi connectivity index (χ1n) is 6.63. The molecule has 1 aromatic heterocycles. The lowest BCUT2D eigenvalue weighted by Crippen LogP contribution is -2.46. The Morgan fingerprint density at radius 3 is 2.86 bits per heavy atom. The molecule has 0 aliphatic carbocycles. The minimum absolute atomic E-state index is 0.139. The largest absolute Gasteiger partial charge is 0.494 e. The molecule has 4 N–H and O–H groups in total. The Labute approximate surface area is 120 Å². The number of aromatic hydroxyl groups is 1. The number of para-hydroxylation sites is 1. The van der Waals surface area contributed by atoms with E-state index >= 15 is 0 Å². The first-order valence-corrected chi connectivity index (χ1v) is 6.63. The molecule has 0 spiro atoms. The molecule has 6 nitrogen and oxygen atoms in total. The Bertz CT molecular complexity index is 754.